The summed E-state index contributed by atoms with van der Waals surface area (Å²) < 4.78 is 0. The Hall–Kier alpha value is -0.820. The second-order valence-electron chi connectivity index (χ2n) is 5.04. The van der Waals surface area contributed by atoms with E-state index in [2.05, 4.69) is 43.4 Å². The zero-order valence-electron chi connectivity index (χ0n) is 10.5. The SMILES string of the molecule is CCNC(Cc1ccc(C)cc1)C1CCC1. The fourth-order valence-corrected chi connectivity index (χ4v) is 2.49. The van der Waals surface area contributed by atoms with Gasteiger partial charge < -0.3 is 5.32 Å². The van der Waals surface area contributed by atoms with Crippen LogP contribution >= 0.6 is 0 Å². The van der Waals surface area contributed by atoms with E-state index < -0.39 is 0 Å². The summed E-state index contributed by atoms with van der Waals surface area (Å²) in [5, 5.41) is 3.65. The van der Waals surface area contributed by atoms with Gasteiger partial charge in [0.1, 0.15) is 0 Å². The van der Waals surface area contributed by atoms with Crippen LogP contribution in [0.25, 0.3) is 0 Å². The van der Waals surface area contributed by atoms with Crippen molar-refractivity contribution in [3.8, 4) is 0 Å². The summed E-state index contributed by atoms with van der Waals surface area (Å²) in [6.07, 6.45) is 5.46. The first kappa shape index (κ1) is 11.7. The fourth-order valence-electron chi connectivity index (χ4n) is 2.49. The normalized spacial score (nSPS) is 18.1. The third kappa shape index (κ3) is 2.85. The highest BCUT2D eigenvalue weighted by atomic mass is 14.9. The highest BCUT2D eigenvalue weighted by molar-refractivity contribution is 5.22. The lowest BCUT2D eigenvalue weighted by molar-refractivity contribution is 0.229. The lowest BCUT2D eigenvalue weighted by Crippen LogP contribution is -2.41. The highest BCUT2D eigenvalue weighted by Gasteiger charge is 2.26. The third-order valence-electron chi connectivity index (χ3n) is 3.76. The van der Waals surface area contributed by atoms with Gasteiger partial charge in [0.05, 0.1) is 0 Å². The van der Waals surface area contributed by atoms with Crippen LogP contribution in [0.15, 0.2) is 24.3 Å². The second kappa shape index (κ2) is 5.49. The fraction of sp³-hybridized carbons (Fsp3) is 0.600. The van der Waals surface area contributed by atoms with Gasteiger partial charge in [0, 0.05) is 6.04 Å². The van der Waals surface area contributed by atoms with Gasteiger partial charge in [0.15, 0.2) is 0 Å². The van der Waals surface area contributed by atoms with E-state index in [9.17, 15) is 0 Å². The van der Waals surface area contributed by atoms with E-state index in [0.717, 1.165) is 12.5 Å². The van der Waals surface area contributed by atoms with Crippen molar-refractivity contribution in [1.82, 2.24) is 5.32 Å². The van der Waals surface area contributed by atoms with Gasteiger partial charge in [-0.05, 0) is 44.2 Å². The Kier molecular flexibility index (Phi) is 4.00. The second-order valence-corrected chi connectivity index (χ2v) is 5.04. The topological polar surface area (TPSA) is 12.0 Å². The smallest absolute Gasteiger partial charge is 0.0136 e. The summed E-state index contributed by atoms with van der Waals surface area (Å²) in [6, 6.07) is 9.69. The largest absolute Gasteiger partial charge is 0.314 e. The van der Waals surface area contributed by atoms with E-state index >= 15 is 0 Å². The van der Waals surface area contributed by atoms with Crippen LogP contribution < -0.4 is 5.32 Å². The van der Waals surface area contributed by atoms with Gasteiger partial charge in [-0.1, -0.05) is 43.2 Å². The van der Waals surface area contributed by atoms with Gasteiger partial charge in [-0.2, -0.15) is 0 Å². The van der Waals surface area contributed by atoms with Crippen molar-refractivity contribution in [3.63, 3.8) is 0 Å². The molecular weight excluding hydrogens is 194 g/mol. The molecule has 1 heteroatoms. The molecule has 0 heterocycles. The van der Waals surface area contributed by atoms with Gasteiger partial charge >= 0.3 is 0 Å². The minimum absolute atomic E-state index is 0.696. The quantitative estimate of drug-likeness (QED) is 0.798. The molecule has 16 heavy (non-hydrogen) atoms. The maximum atomic E-state index is 3.65. The molecule has 0 amide bonds. The summed E-state index contributed by atoms with van der Waals surface area (Å²) in [5.74, 6) is 0.918. The molecule has 0 spiro atoms. The molecule has 0 saturated heterocycles. The van der Waals surface area contributed by atoms with Crippen LogP contribution in [-0.4, -0.2) is 12.6 Å². The van der Waals surface area contributed by atoms with Crippen LogP contribution in [0.2, 0.25) is 0 Å². The Morgan fingerprint density at radius 1 is 1.25 bits per heavy atom. The molecule has 0 aromatic heterocycles. The lowest BCUT2D eigenvalue weighted by Gasteiger charge is -2.34. The molecule has 0 radical (unpaired) electrons. The molecule has 0 aliphatic heterocycles. The van der Waals surface area contributed by atoms with Crippen molar-refractivity contribution >= 4 is 0 Å². The number of aryl methyl sites for hydroxylation is 1. The predicted molar refractivity (Wildman–Crippen MR) is 69.7 cm³/mol. The number of likely N-dealkylation sites (N-methyl/N-ethyl adjacent to an activating group) is 1. The molecule has 1 saturated carbocycles. The van der Waals surface area contributed by atoms with Crippen LogP contribution in [0.4, 0.5) is 0 Å². The highest BCUT2D eigenvalue weighted by Crippen LogP contribution is 2.31. The van der Waals surface area contributed by atoms with Crippen molar-refractivity contribution in [2.24, 2.45) is 5.92 Å². The molecule has 1 aliphatic rings. The summed E-state index contributed by atoms with van der Waals surface area (Å²) in [4.78, 5) is 0. The Morgan fingerprint density at radius 3 is 2.44 bits per heavy atom. The first-order valence-electron chi connectivity index (χ1n) is 6.58. The van der Waals surface area contributed by atoms with E-state index in [1.165, 1.54) is 36.8 Å². The van der Waals surface area contributed by atoms with Gasteiger partial charge in [-0.3, -0.25) is 0 Å². The third-order valence-corrected chi connectivity index (χ3v) is 3.76. The monoisotopic (exact) mass is 217 g/mol. The summed E-state index contributed by atoms with van der Waals surface area (Å²) in [7, 11) is 0. The zero-order valence-corrected chi connectivity index (χ0v) is 10.5. The van der Waals surface area contributed by atoms with Gasteiger partial charge in [-0.25, -0.2) is 0 Å². The van der Waals surface area contributed by atoms with Crippen molar-refractivity contribution in [3.05, 3.63) is 35.4 Å². The van der Waals surface area contributed by atoms with Crippen molar-refractivity contribution < 1.29 is 0 Å². The molecular formula is C15H23N. The Balaban J connectivity index is 1.96. The molecule has 1 N–H and O–H groups in total. The van der Waals surface area contributed by atoms with Gasteiger partial charge in [0.2, 0.25) is 0 Å². The van der Waals surface area contributed by atoms with Crippen LogP contribution in [0.3, 0.4) is 0 Å². The first-order valence-corrected chi connectivity index (χ1v) is 6.58. The molecule has 1 aromatic carbocycles. The maximum absolute atomic E-state index is 3.65. The molecule has 1 unspecified atom stereocenters. The summed E-state index contributed by atoms with van der Waals surface area (Å²) >= 11 is 0. The van der Waals surface area contributed by atoms with Crippen molar-refractivity contribution in [2.75, 3.05) is 6.54 Å². The molecule has 1 aliphatic carbocycles. The standard InChI is InChI=1S/C15H23N/c1-3-16-15(14-5-4-6-14)11-13-9-7-12(2)8-10-13/h7-10,14-16H,3-6,11H2,1-2H3. The minimum Gasteiger partial charge on any atom is -0.314 e. The zero-order chi connectivity index (χ0) is 11.4. The van der Waals surface area contributed by atoms with E-state index in [-0.39, 0.29) is 0 Å². The minimum atomic E-state index is 0.696. The average molecular weight is 217 g/mol. The number of rotatable bonds is 5. The van der Waals surface area contributed by atoms with E-state index in [4.69, 9.17) is 0 Å². The van der Waals surface area contributed by atoms with Gasteiger partial charge in [0.25, 0.3) is 0 Å². The molecule has 1 aromatic rings. The van der Waals surface area contributed by atoms with E-state index in [0.29, 0.717) is 6.04 Å². The Bertz CT molecular complexity index is 311. The molecule has 2 rings (SSSR count). The molecule has 1 fully saturated rings. The van der Waals surface area contributed by atoms with Crippen LogP contribution in [-0.2, 0) is 6.42 Å². The summed E-state index contributed by atoms with van der Waals surface area (Å²) in [6.45, 7) is 5.45. The van der Waals surface area contributed by atoms with Crippen molar-refractivity contribution in [1.29, 1.82) is 0 Å². The average Bonchev–Trinajstić information content (AvgIpc) is 2.19. The van der Waals surface area contributed by atoms with Crippen LogP contribution in [0.1, 0.15) is 37.3 Å². The number of benzene rings is 1. The molecule has 88 valence electrons. The predicted octanol–water partition coefficient (Wildman–Crippen LogP) is 3.32. The Labute approximate surface area is 99.3 Å². The first-order chi connectivity index (χ1) is 7.79. The Morgan fingerprint density at radius 2 is 1.94 bits per heavy atom. The lowest BCUT2D eigenvalue weighted by atomic mass is 9.77. The van der Waals surface area contributed by atoms with E-state index in [1.807, 2.05) is 0 Å². The van der Waals surface area contributed by atoms with Gasteiger partial charge in [-0.15, -0.1) is 0 Å². The number of hydrogen-bond donors (Lipinski definition) is 1. The molecule has 1 atom stereocenters. The molecule has 1 nitrogen and oxygen atoms in total. The van der Waals surface area contributed by atoms with Crippen LogP contribution in [0, 0.1) is 12.8 Å². The maximum Gasteiger partial charge on any atom is 0.0136 e. The number of nitrogens with one attached hydrogen (secondary N) is 1. The van der Waals surface area contributed by atoms with E-state index in [1.54, 1.807) is 0 Å². The van der Waals surface area contributed by atoms with Crippen LogP contribution in [0.5, 0.6) is 0 Å². The summed E-state index contributed by atoms with van der Waals surface area (Å²) in [5.41, 5.74) is 2.83. The van der Waals surface area contributed by atoms with Crippen molar-refractivity contribution in [2.45, 2.75) is 45.6 Å². The number of hydrogen-bond acceptors (Lipinski definition) is 1. The molecule has 0 bridgehead atoms.